The van der Waals surface area contributed by atoms with Gasteiger partial charge in [-0.1, -0.05) is 0 Å². The molecule has 1 aromatic rings. The lowest BCUT2D eigenvalue weighted by atomic mass is 9.72. The molecule has 0 bridgehead atoms. The van der Waals surface area contributed by atoms with E-state index in [1.807, 2.05) is 0 Å². The van der Waals surface area contributed by atoms with Crippen LogP contribution in [0.1, 0.15) is 43.4 Å². The van der Waals surface area contributed by atoms with Gasteiger partial charge in [-0.2, -0.15) is 0 Å². The highest BCUT2D eigenvalue weighted by molar-refractivity contribution is 5.52. The summed E-state index contributed by atoms with van der Waals surface area (Å²) >= 11 is 0. The maximum atomic E-state index is 9.85. The third-order valence-corrected chi connectivity index (χ3v) is 5.84. The van der Waals surface area contributed by atoms with Crippen LogP contribution in [0.5, 0.6) is 0 Å². The van der Waals surface area contributed by atoms with Crippen molar-refractivity contribution in [2.45, 2.75) is 51.0 Å². The summed E-state index contributed by atoms with van der Waals surface area (Å²) in [4.78, 5) is 11.5. The van der Waals surface area contributed by atoms with E-state index in [0.29, 0.717) is 5.41 Å². The lowest BCUT2D eigenvalue weighted by Crippen LogP contribution is -2.53. The molecule has 5 heteroatoms. The van der Waals surface area contributed by atoms with Gasteiger partial charge in [0, 0.05) is 31.0 Å². The summed E-state index contributed by atoms with van der Waals surface area (Å²) in [5.74, 6) is 1.09. The molecule has 22 heavy (non-hydrogen) atoms. The molecule has 2 fully saturated rings. The molecule has 1 aromatic heterocycles. The minimum absolute atomic E-state index is 0.202. The van der Waals surface area contributed by atoms with Crippen molar-refractivity contribution in [3.63, 3.8) is 0 Å². The minimum Gasteiger partial charge on any atom is -0.394 e. The van der Waals surface area contributed by atoms with E-state index in [9.17, 15) is 5.11 Å². The molecule has 5 nitrogen and oxygen atoms in total. The molecule has 2 aliphatic heterocycles. The van der Waals surface area contributed by atoms with Gasteiger partial charge in [-0.25, -0.2) is 9.97 Å². The first-order valence-corrected chi connectivity index (χ1v) is 8.59. The number of fused-ring (bicyclic) bond motifs is 1. The predicted molar refractivity (Wildman–Crippen MR) is 84.0 cm³/mol. The fourth-order valence-electron chi connectivity index (χ4n) is 4.44. The molecule has 0 amide bonds. The highest BCUT2D eigenvalue weighted by Crippen LogP contribution is 2.43. The summed E-state index contributed by atoms with van der Waals surface area (Å²) in [6.45, 7) is 2.97. The molecule has 0 radical (unpaired) electrons. The largest absolute Gasteiger partial charge is 0.394 e. The van der Waals surface area contributed by atoms with Crippen molar-refractivity contribution in [2.75, 3.05) is 31.3 Å². The lowest BCUT2D eigenvalue weighted by molar-refractivity contribution is 0.000801. The molecule has 120 valence electrons. The third kappa shape index (κ3) is 2.40. The number of hydrogen-bond acceptors (Lipinski definition) is 5. The average molecular weight is 303 g/mol. The third-order valence-electron chi connectivity index (χ3n) is 5.84. The standard InChI is InChI=1S/C17H25N3O2/c21-10-13-4-5-17(6-8-22-9-7-17)11-20(13)16-14-2-1-3-15(14)18-12-19-16/h12-13,21H,1-11H2. The molecule has 1 unspecified atom stereocenters. The topological polar surface area (TPSA) is 58.5 Å². The highest BCUT2D eigenvalue weighted by atomic mass is 16.5. The molecule has 1 aliphatic carbocycles. The fourth-order valence-corrected chi connectivity index (χ4v) is 4.44. The van der Waals surface area contributed by atoms with Crippen LogP contribution in [-0.4, -0.2) is 47.5 Å². The summed E-state index contributed by atoms with van der Waals surface area (Å²) in [6, 6.07) is 0.202. The van der Waals surface area contributed by atoms with Gasteiger partial charge in [0.25, 0.3) is 0 Å². The van der Waals surface area contributed by atoms with Crippen LogP contribution < -0.4 is 4.90 Å². The van der Waals surface area contributed by atoms with E-state index in [-0.39, 0.29) is 12.6 Å². The average Bonchev–Trinajstić information content (AvgIpc) is 3.04. The number of piperidine rings is 1. The molecule has 1 spiro atoms. The Morgan fingerprint density at radius 2 is 2.09 bits per heavy atom. The highest BCUT2D eigenvalue weighted by Gasteiger charge is 2.41. The van der Waals surface area contributed by atoms with Crippen LogP contribution in [0.3, 0.4) is 0 Å². The van der Waals surface area contributed by atoms with Crippen molar-refractivity contribution in [1.82, 2.24) is 9.97 Å². The second-order valence-corrected chi connectivity index (χ2v) is 7.09. The van der Waals surface area contributed by atoms with Crippen molar-refractivity contribution < 1.29 is 9.84 Å². The first kappa shape index (κ1) is 14.4. The van der Waals surface area contributed by atoms with Crippen molar-refractivity contribution in [3.8, 4) is 0 Å². The van der Waals surface area contributed by atoms with E-state index in [4.69, 9.17) is 4.74 Å². The molecule has 4 rings (SSSR count). The Morgan fingerprint density at radius 1 is 1.23 bits per heavy atom. The summed E-state index contributed by atoms with van der Waals surface area (Å²) in [6.07, 6.45) is 9.55. The van der Waals surface area contributed by atoms with E-state index >= 15 is 0 Å². The number of nitrogens with zero attached hydrogens (tertiary/aromatic N) is 3. The maximum absolute atomic E-state index is 9.85. The van der Waals surface area contributed by atoms with Gasteiger partial charge in [0.2, 0.25) is 0 Å². The Hall–Kier alpha value is -1.20. The Bertz CT molecular complexity index is 543. The number of aromatic nitrogens is 2. The number of aliphatic hydroxyl groups excluding tert-OH is 1. The second-order valence-electron chi connectivity index (χ2n) is 7.09. The van der Waals surface area contributed by atoms with Crippen molar-refractivity contribution >= 4 is 5.82 Å². The Labute approximate surface area is 131 Å². The second kappa shape index (κ2) is 5.78. The monoisotopic (exact) mass is 303 g/mol. The zero-order valence-electron chi connectivity index (χ0n) is 13.1. The molecule has 0 aromatic carbocycles. The van der Waals surface area contributed by atoms with Gasteiger partial charge in [0.15, 0.2) is 0 Å². The summed E-state index contributed by atoms with van der Waals surface area (Å²) in [5, 5.41) is 9.85. The molecular formula is C17H25N3O2. The number of aryl methyl sites for hydroxylation is 1. The Morgan fingerprint density at radius 3 is 2.91 bits per heavy atom. The van der Waals surface area contributed by atoms with Crippen LogP contribution >= 0.6 is 0 Å². The van der Waals surface area contributed by atoms with Crippen molar-refractivity contribution in [2.24, 2.45) is 5.41 Å². The first-order valence-electron chi connectivity index (χ1n) is 8.59. The summed E-state index contributed by atoms with van der Waals surface area (Å²) in [7, 11) is 0. The Kier molecular flexibility index (Phi) is 3.78. The van der Waals surface area contributed by atoms with Crippen LogP contribution in [0.2, 0.25) is 0 Å². The van der Waals surface area contributed by atoms with Crippen LogP contribution in [0, 0.1) is 5.41 Å². The van der Waals surface area contributed by atoms with Crippen LogP contribution in [0.4, 0.5) is 5.82 Å². The zero-order valence-corrected chi connectivity index (χ0v) is 13.1. The van der Waals surface area contributed by atoms with E-state index < -0.39 is 0 Å². The van der Waals surface area contributed by atoms with Gasteiger partial charge >= 0.3 is 0 Å². The summed E-state index contributed by atoms with van der Waals surface area (Å²) in [5.41, 5.74) is 2.89. The van der Waals surface area contributed by atoms with Crippen LogP contribution in [0.15, 0.2) is 6.33 Å². The number of aliphatic hydroxyl groups is 1. The van der Waals surface area contributed by atoms with E-state index in [1.54, 1.807) is 6.33 Å². The molecular weight excluding hydrogens is 278 g/mol. The smallest absolute Gasteiger partial charge is 0.135 e. The van der Waals surface area contributed by atoms with E-state index in [2.05, 4.69) is 14.9 Å². The number of rotatable bonds is 2. The summed E-state index contributed by atoms with van der Waals surface area (Å²) < 4.78 is 5.57. The van der Waals surface area contributed by atoms with Gasteiger partial charge in [-0.3, -0.25) is 0 Å². The number of anilines is 1. The van der Waals surface area contributed by atoms with Gasteiger partial charge in [-0.05, 0) is 50.4 Å². The van der Waals surface area contributed by atoms with Gasteiger partial charge in [0.1, 0.15) is 12.1 Å². The maximum Gasteiger partial charge on any atom is 0.135 e. The van der Waals surface area contributed by atoms with E-state index in [1.165, 1.54) is 24.1 Å². The van der Waals surface area contributed by atoms with E-state index in [0.717, 1.165) is 57.7 Å². The fraction of sp³-hybridized carbons (Fsp3) is 0.765. The zero-order chi connectivity index (χ0) is 15.0. The van der Waals surface area contributed by atoms with Crippen LogP contribution in [0.25, 0.3) is 0 Å². The van der Waals surface area contributed by atoms with Crippen molar-refractivity contribution in [1.29, 1.82) is 0 Å². The quantitative estimate of drug-likeness (QED) is 0.901. The van der Waals surface area contributed by atoms with Crippen molar-refractivity contribution in [3.05, 3.63) is 17.6 Å². The molecule has 3 heterocycles. The molecule has 2 saturated heterocycles. The number of hydrogen-bond donors (Lipinski definition) is 1. The van der Waals surface area contributed by atoms with Gasteiger partial charge in [0.05, 0.1) is 12.6 Å². The normalized spacial score (nSPS) is 27.1. The molecule has 1 N–H and O–H groups in total. The SMILES string of the molecule is OCC1CCC2(CCOCC2)CN1c1ncnc2c1CCC2. The van der Waals surface area contributed by atoms with Gasteiger partial charge < -0.3 is 14.7 Å². The predicted octanol–water partition coefficient (Wildman–Crippen LogP) is 1.72. The molecule has 0 saturated carbocycles. The molecule has 1 atom stereocenters. The minimum atomic E-state index is 0.202. The molecule has 3 aliphatic rings. The number of ether oxygens (including phenoxy) is 1. The first-order chi connectivity index (χ1) is 10.8. The lowest BCUT2D eigenvalue weighted by Gasteiger charge is -2.49. The Balaban J connectivity index is 1.66. The van der Waals surface area contributed by atoms with Gasteiger partial charge in [-0.15, -0.1) is 0 Å². The van der Waals surface area contributed by atoms with Crippen LogP contribution in [-0.2, 0) is 17.6 Å².